The number of aromatic amines is 1. The van der Waals surface area contributed by atoms with Crippen molar-refractivity contribution in [2.45, 2.75) is 26.9 Å². The van der Waals surface area contributed by atoms with E-state index in [-0.39, 0.29) is 34.6 Å². The Balaban J connectivity index is 2.08. The minimum absolute atomic E-state index is 0.111. The Morgan fingerprint density at radius 1 is 1.14 bits per heavy atom. The molecule has 0 saturated heterocycles. The van der Waals surface area contributed by atoms with Crippen LogP contribution in [0, 0.1) is 25.5 Å². The van der Waals surface area contributed by atoms with E-state index < -0.39 is 57.5 Å². The molecule has 37 heavy (non-hydrogen) atoms. The van der Waals surface area contributed by atoms with Gasteiger partial charge in [0.2, 0.25) is 11.3 Å². The molecule has 0 aliphatic carbocycles. The van der Waals surface area contributed by atoms with E-state index in [1.165, 1.54) is 32.2 Å². The molecule has 0 aliphatic heterocycles. The molecule has 1 aromatic carbocycles. The van der Waals surface area contributed by atoms with E-state index in [1.54, 1.807) is 0 Å². The number of H-pyrrole nitrogens is 1. The number of esters is 1. The number of pyridine rings is 3. The SMILES string of the molecule is CCOC(=O)c1c(-c2cc(C(F)(F)F)c(C)nc2Oc2ccc(F)c(F)c2C)[nH]c2cccnc2c1=O. The van der Waals surface area contributed by atoms with E-state index in [4.69, 9.17) is 9.47 Å². The Morgan fingerprint density at radius 3 is 2.54 bits per heavy atom. The van der Waals surface area contributed by atoms with Crippen molar-refractivity contribution >= 4 is 17.0 Å². The largest absolute Gasteiger partial charge is 0.462 e. The molecule has 0 saturated carbocycles. The Labute approximate surface area is 205 Å². The minimum Gasteiger partial charge on any atom is -0.462 e. The number of ether oxygens (including phenoxy) is 2. The first kappa shape index (κ1) is 25.7. The van der Waals surface area contributed by atoms with Crippen molar-refractivity contribution in [2.24, 2.45) is 0 Å². The van der Waals surface area contributed by atoms with E-state index >= 15 is 0 Å². The standard InChI is InChI=1S/C25H18F5N3O4/c1-4-36-24(35)18-20(33-16-6-5-9-31-21(16)22(18)34)13-10-14(25(28,29)30)12(3)32-23(13)37-17-8-7-15(26)19(27)11(17)2/h5-10H,4H2,1-3H3,(H,33,34). The third kappa shape index (κ3) is 4.74. The van der Waals surface area contributed by atoms with Gasteiger partial charge in [-0.1, -0.05) is 0 Å². The number of alkyl halides is 3. The highest BCUT2D eigenvalue weighted by Crippen LogP contribution is 2.40. The van der Waals surface area contributed by atoms with Crippen LogP contribution in [0.15, 0.2) is 41.3 Å². The molecule has 0 radical (unpaired) electrons. The molecule has 0 bridgehead atoms. The quantitative estimate of drug-likeness (QED) is 0.262. The number of carbonyl (C=O) groups is 1. The van der Waals surface area contributed by atoms with Crippen LogP contribution in [0.5, 0.6) is 11.6 Å². The van der Waals surface area contributed by atoms with Crippen LogP contribution in [0.3, 0.4) is 0 Å². The zero-order valence-electron chi connectivity index (χ0n) is 19.6. The molecule has 12 heteroatoms. The number of fused-ring (bicyclic) bond motifs is 1. The second-order valence-electron chi connectivity index (χ2n) is 7.88. The number of rotatable bonds is 5. The molecular formula is C25H18F5N3O4. The third-order valence-electron chi connectivity index (χ3n) is 5.49. The summed E-state index contributed by atoms with van der Waals surface area (Å²) in [5, 5.41) is 0. The van der Waals surface area contributed by atoms with Gasteiger partial charge in [-0.2, -0.15) is 13.2 Å². The van der Waals surface area contributed by atoms with Gasteiger partial charge in [-0.05, 0) is 51.1 Å². The first-order chi connectivity index (χ1) is 17.4. The Morgan fingerprint density at radius 2 is 1.86 bits per heavy atom. The van der Waals surface area contributed by atoms with Gasteiger partial charge in [-0.3, -0.25) is 9.78 Å². The summed E-state index contributed by atoms with van der Waals surface area (Å²) in [7, 11) is 0. The maximum absolute atomic E-state index is 14.2. The van der Waals surface area contributed by atoms with Crippen LogP contribution in [0.1, 0.15) is 34.1 Å². The van der Waals surface area contributed by atoms with Crippen LogP contribution in [-0.4, -0.2) is 27.5 Å². The van der Waals surface area contributed by atoms with E-state index in [1.807, 2.05) is 0 Å². The van der Waals surface area contributed by atoms with Crippen molar-refractivity contribution in [3.8, 4) is 22.9 Å². The van der Waals surface area contributed by atoms with Crippen molar-refractivity contribution in [1.29, 1.82) is 0 Å². The zero-order chi connectivity index (χ0) is 27.1. The first-order valence-corrected chi connectivity index (χ1v) is 10.8. The number of carbonyl (C=O) groups excluding carboxylic acids is 1. The summed E-state index contributed by atoms with van der Waals surface area (Å²) in [4.78, 5) is 36.7. The molecule has 0 amide bonds. The summed E-state index contributed by atoms with van der Waals surface area (Å²) in [5.74, 6) is -4.23. The fourth-order valence-electron chi connectivity index (χ4n) is 3.69. The van der Waals surface area contributed by atoms with Crippen LogP contribution < -0.4 is 10.2 Å². The topological polar surface area (TPSA) is 94.2 Å². The average Bonchev–Trinajstić information content (AvgIpc) is 2.84. The van der Waals surface area contributed by atoms with Gasteiger partial charge < -0.3 is 14.5 Å². The molecule has 4 aromatic rings. The summed E-state index contributed by atoms with van der Waals surface area (Å²) in [6.07, 6.45) is -3.55. The maximum atomic E-state index is 14.2. The highest BCUT2D eigenvalue weighted by Gasteiger charge is 2.36. The lowest BCUT2D eigenvalue weighted by Crippen LogP contribution is -2.21. The normalized spacial score (nSPS) is 11.6. The lowest BCUT2D eigenvalue weighted by atomic mass is 10.0. The monoisotopic (exact) mass is 519 g/mol. The number of halogens is 5. The molecule has 3 aromatic heterocycles. The lowest BCUT2D eigenvalue weighted by Gasteiger charge is -2.18. The molecule has 3 heterocycles. The van der Waals surface area contributed by atoms with Gasteiger partial charge in [0, 0.05) is 11.8 Å². The summed E-state index contributed by atoms with van der Waals surface area (Å²) < 4.78 is 79.9. The molecule has 0 fully saturated rings. The van der Waals surface area contributed by atoms with Crippen LogP contribution in [0.2, 0.25) is 0 Å². The fraction of sp³-hybridized carbons (Fsp3) is 0.200. The highest BCUT2D eigenvalue weighted by atomic mass is 19.4. The predicted molar refractivity (Wildman–Crippen MR) is 122 cm³/mol. The maximum Gasteiger partial charge on any atom is 0.418 e. The van der Waals surface area contributed by atoms with Gasteiger partial charge in [0.25, 0.3) is 0 Å². The van der Waals surface area contributed by atoms with Crippen LogP contribution >= 0.6 is 0 Å². The van der Waals surface area contributed by atoms with Crippen LogP contribution in [-0.2, 0) is 10.9 Å². The summed E-state index contributed by atoms with van der Waals surface area (Å²) in [6, 6.07) is 5.42. The van der Waals surface area contributed by atoms with Crippen LogP contribution in [0.4, 0.5) is 22.0 Å². The Hall–Kier alpha value is -4.35. The molecule has 0 aliphatic rings. The van der Waals surface area contributed by atoms with Gasteiger partial charge in [0.05, 0.1) is 34.6 Å². The number of aromatic nitrogens is 3. The summed E-state index contributed by atoms with van der Waals surface area (Å²) in [6.45, 7) is 3.64. The van der Waals surface area contributed by atoms with Crippen molar-refractivity contribution in [3.63, 3.8) is 0 Å². The molecule has 0 spiro atoms. The summed E-state index contributed by atoms with van der Waals surface area (Å²) >= 11 is 0. The number of hydrogen-bond acceptors (Lipinski definition) is 6. The average molecular weight is 519 g/mol. The smallest absolute Gasteiger partial charge is 0.418 e. The summed E-state index contributed by atoms with van der Waals surface area (Å²) in [5.41, 5.74) is -4.31. The molecule has 1 N–H and O–H groups in total. The number of benzene rings is 1. The van der Waals surface area contributed by atoms with E-state index in [0.29, 0.717) is 6.07 Å². The number of hydrogen-bond donors (Lipinski definition) is 1. The highest BCUT2D eigenvalue weighted by molar-refractivity contribution is 6.00. The first-order valence-electron chi connectivity index (χ1n) is 10.8. The lowest BCUT2D eigenvalue weighted by molar-refractivity contribution is -0.138. The molecular weight excluding hydrogens is 501 g/mol. The molecule has 192 valence electrons. The third-order valence-corrected chi connectivity index (χ3v) is 5.49. The Bertz CT molecular complexity index is 1600. The van der Waals surface area contributed by atoms with Crippen molar-refractivity contribution in [3.05, 3.63) is 80.8 Å². The second-order valence-corrected chi connectivity index (χ2v) is 7.88. The van der Waals surface area contributed by atoms with Crippen molar-refractivity contribution in [1.82, 2.24) is 15.0 Å². The Kier molecular flexibility index (Phi) is 6.68. The molecule has 4 rings (SSSR count). The van der Waals surface area contributed by atoms with Gasteiger partial charge in [-0.25, -0.2) is 18.6 Å². The molecule has 7 nitrogen and oxygen atoms in total. The number of aryl methyl sites for hydroxylation is 1. The van der Waals surface area contributed by atoms with Gasteiger partial charge in [-0.15, -0.1) is 0 Å². The molecule has 0 atom stereocenters. The fourth-order valence-corrected chi connectivity index (χ4v) is 3.69. The van der Waals surface area contributed by atoms with Crippen molar-refractivity contribution in [2.75, 3.05) is 6.61 Å². The molecule has 0 unspecified atom stereocenters. The van der Waals surface area contributed by atoms with Gasteiger partial charge >= 0.3 is 12.1 Å². The van der Waals surface area contributed by atoms with Gasteiger partial charge in [0.15, 0.2) is 11.6 Å². The zero-order valence-corrected chi connectivity index (χ0v) is 19.6. The van der Waals surface area contributed by atoms with E-state index in [0.717, 1.165) is 19.1 Å². The van der Waals surface area contributed by atoms with Gasteiger partial charge in [0.1, 0.15) is 16.8 Å². The second kappa shape index (κ2) is 9.60. The minimum atomic E-state index is -4.86. The predicted octanol–water partition coefficient (Wildman–Crippen LogP) is 5.87. The number of nitrogens with one attached hydrogen (secondary N) is 1. The van der Waals surface area contributed by atoms with Crippen molar-refractivity contribution < 1.29 is 36.2 Å². The van der Waals surface area contributed by atoms with Crippen LogP contribution in [0.25, 0.3) is 22.3 Å². The van der Waals surface area contributed by atoms with E-state index in [9.17, 15) is 31.5 Å². The number of nitrogens with zero attached hydrogens (tertiary/aromatic N) is 2. The van der Waals surface area contributed by atoms with E-state index in [2.05, 4.69) is 15.0 Å².